The van der Waals surface area contributed by atoms with Crippen molar-refractivity contribution in [1.82, 2.24) is 9.78 Å². The second-order valence-electron chi connectivity index (χ2n) is 4.02. The van der Waals surface area contributed by atoms with Crippen LogP contribution in [-0.4, -0.2) is 20.9 Å². The van der Waals surface area contributed by atoms with Gasteiger partial charge < -0.3 is 5.11 Å². The van der Waals surface area contributed by atoms with Gasteiger partial charge in [-0.1, -0.05) is 6.07 Å². The predicted octanol–water partition coefficient (Wildman–Crippen LogP) is 3.13. The Morgan fingerprint density at radius 1 is 1.33 bits per heavy atom. The van der Waals surface area contributed by atoms with Crippen LogP contribution in [0.25, 0.3) is 11.8 Å². The third-order valence-corrected chi connectivity index (χ3v) is 2.58. The molecule has 0 aliphatic carbocycles. The first kappa shape index (κ1) is 14.8. The molecule has 1 aromatic heterocycles. The summed E-state index contributed by atoms with van der Waals surface area (Å²) in [5, 5.41) is 12.1. The van der Waals surface area contributed by atoms with E-state index in [1.807, 2.05) is 0 Å². The zero-order valence-corrected chi connectivity index (χ0v) is 10.3. The topological polar surface area (TPSA) is 55.1 Å². The minimum Gasteiger partial charge on any atom is -0.478 e. The lowest BCUT2D eigenvalue weighted by Gasteiger charge is -2.07. The van der Waals surface area contributed by atoms with E-state index in [1.54, 1.807) is 0 Å². The highest BCUT2D eigenvalue weighted by Gasteiger charge is 2.32. The molecule has 2 aromatic rings. The van der Waals surface area contributed by atoms with E-state index < -0.39 is 23.5 Å². The van der Waals surface area contributed by atoms with Gasteiger partial charge in [-0.3, -0.25) is 0 Å². The first-order valence-electron chi connectivity index (χ1n) is 5.61. The normalized spacial score (nSPS) is 12.0. The molecule has 0 spiro atoms. The second-order valence-corrected chi connectivity index (χ2v) is 4.02. The lowest BCUT2D eigenvalue weighted by atomic mass is 10.1. The maximum absolute atomic E-state index is 13.7. The lowest BCUT2D eigenvalue weighted by Crippen LogP contribution is -2.03. The number of benzene rings is 1. The number of halogens is 4. The monoisotopic (exact) mass is 300 g/mol. The molecule has 0 unspecified atom stereocenters. The summed E-state index contributed by atoms with van der Waals surface area (Å²) in [4.78, 5) is 10.5. The molecule has 2 rings (SSSR count). The average molecular weight is 300 g/mol. The predicted molar refractivity (Wildman–Crippen MR) is 65.2 cm³/mol. The van der Waals surface area contributed by atoms with Gasteiger partial charge in [0.25, 0.3) is 0 Å². The summed E-state index contributed by atoms with van der Waals surface area (Å²) >= 11 is 0. The Balaban J connectivity index is 2.51. The molecule has 21 heavy (non-hydrogen) atoms. The number of aromatic nitrogens is 2. The Morgan fingerprint density at radius 3 is 2.62 bits per heavy atom. The van der Waals surface area contributed by atoms with Gasteiger partial charge in [0, 0.05) is 17.8 Å². The molecule has 0 saturated heterocycles. The van der Waals surface area contributed by atoms with Gasteiger partial charge >= 0.3 is 12.1 Å². The molecular formula is C13H8F4N2O2. The molecule has 4 nitrogen and oxygen atoms in total. The van der Waals surface area contributed by atoms with Crippen LogP contribution in [0.2, 0.25) is 0 Å². The number of alkyl halides is 3. The molecule has 0 fully saturated rings. The molecule has 0 aliphatic rings. The summed E-state index contributed by atoms with van der Waals surface area (Å²) in [7, 11) is 0. The summed E-state index contributed by atoms with van der Waals surface area (Å²) in [6.45, 7) is 0. The molecule has 0 atom stereocenters. The Bertz CT molecular complexity index is 704. The highest BCUT2D eigenvalue weighted by molar-refractivity contribution is 5.86. The molecule has 1 aromatic carbocycles. The average Bonchev–Trinajstić information content (AvgIpc) is 2.86. The van der Waals surface area contributed by atoms with Crippen molar-refractivity contribution >= 4 is 12.0 Å². The number of hydrogen-bond donors (Lipinski definition) is 1. The van der Waals surface area contributed by atoms with Crippen LogP contribution in [0.5, 0.6) is 0 Å². The van der Waals surface area contributed by atoms with E-state index in [9.17, 15) is 22.4 Å². The van der Waals surface area contributed by atoms with Gasteiger partial charge in [-0.25, -0.2) is 13.9 Å². The third kappa shape index (κ3) is 3.28. The van der Waals surface area contributed by atoms with E-state index in [4.69, 9.17) is 5.11 Å². The maximum atomic E-state index is 13.7. The molecule has 0 radical (unpaired) electrons. The molecular weight excluding hydrogens is 292 g/mol. The standard InChI is InChI=1S/C13H8F4N2O2/c14-10-2-1-3-11(9(10)4-5-12(20)21)19-7-8(6-18-19)13(15,16)17/h1-7H,(H,20,21)/b5-4+. The number of carbonyl (C=O) groups is 1. The van der Waals surface area contributed by atoms with E-state index in [0.29, 0.717) is 18.5 Å². The molecule has 0 bridgehead atoms. The lowest BCUT2D eigenvalue weighted by molar-refractivity contribution is -0.137. The summed E-state index contributed by atoms with van der Waals surface area (Å²) in [5.74, 6) is -2.07. The maximum Gasteiger partial charge on any atom is 0.419 e. The first-order chi connectivity index (χ1) is 9.79. The SMILES string of the molecule is O=C(O)/C=C/c1c(F)cccc1-n1cc(C(F)(F)F)cn1. The zero-order chi connectivity index (χ0) is 15.6. The fourth-order valence-corrected chi connectivity index (χ4v) is 1.65. The molecule has 0 amide bonds. The van der Waals surface area contributed by atoms with Gasteiger partial charge in [-0.2, -0.15) is 18.3 Å². The highest BCUT2D eigenvalue weighted by atomic mass is 19.4. The van der Waals surface area contributed by atoms with Gasteiger partial charge in [-0.15, -0.1) is 0 Å². The van der Waals surface area contributed by atoms with Crippen molar-refractivity contribution in [2.75, 3.05) is 0 Å². The van der Waals surface area contributed by atoms with Crippen molar-refractivity contribution in [2.24, 2.45) is 0 Å². The van der Waals surface area contributed by atoms with Crippen LogP contribution in [0.1, 0.15) is 11.1 Å². The van der Waals surface area contributed by atoms with Crippen LogP contribution >= 0.6 is 0 Å². The quantitative estimate of drug-likeness (QED) is 0.700. The Kier molecular flexibility index (Phi) is 3.79. The van der Waals surface area contributed by atoms with E-state index in [1.165, 1.54) is 12.1 Å². The van der Waals surface area contributed by atoms with Gasteiger partial charge in [-0.05, 0) is 18.2 Å². The number of carboxylic acid groups (broad SMARTS) is 1. The van der Waals surface area contributed by atoms with Crippen molar-refractivity contribution in [3.8, 4) is 5.69 Å². The van der Waals surface area contributed by atoms with Crippen molar-refractivity contribution < 1.29 is 27.5 Å². The van der Waals surface area contributed by atoms with Gasteiger partial charge in [0.15, 0.2) is 0 Å². The fraction of sp³-hybridized carbons (Fsp3) is 0.0769. The highest BCUT2D eigenvalue weighted by Crippen LogP contribution is 2.30. The van der Waals surface area contributed by atoms with Gasteiger partial charge in [0.1, 0.15) is 5.82 Å². The van der Waals surface area contributed by atoms with Crippen molar-refractivity contribution in [1.29, 1.82) is 0 Å². The zero-order valence-electron chi connectivity index (χ0n) is 10.3. The minimum absolute atomic E-state index is 0.00278. The van der Waals surface area contributed by atoms with Crippen LogP contribution in [0.15, 0.2) is 36.7 Å². The smallest absolute Gasteiger partial charge is 0.419 e. The molecule has 0 saturated carbocycles. The van der Waals surface area contributed by atoms with E-state index in [0.717, 1.165) is 16.8 Å². The third-order valence-electron chi connectivity index (χ3n) is 2.58. The fourth-order valence-electron chi connectivity index (χ4n) is 1.65. The minimum atomic E-state index is -4.57. The number of rotatable bonds is 3. The summed E-state index contributed by atoms with van der Waals surface area (Å²) in [5.41, 5.74) is -1.15. The first-order valence-corrected chi connectivity index (χ1v) is 5.61. The second kappa shape index (κ2) is 5.39. The van der Waals surface area contributed by atoms with Crippen LogP contribution in [0.3, 0.4) is 0 Å². The van der Waals surface area contributed by atoms with Crippen molar-refractivity contribution in [3.63, 3.8) is 0 Å². The molecule has 110 valence electrons. The Labute approximate surface area is 115 Å². The van der Waals surface area contributed by atoms with Crippen LogP contribution in [0.4, 0.5) is 17.6 Å². The van der Waals surface area contributed by atoms with Crippen LogP contribution < -0.4 is 0 Å². The Hall–Kier alpha value is -2.64. The molecule has 8 heteroatoms. The number of aliphatic carboxylic acids is 1. The van der Waals surface area contributed by atoms with E-state index in [2.05, 4.69) is 5.10 Å². The molecule has 0 aliphatic heterocycles. The number of nitrogens with zero attached hydrogens (tertiary/aromatic N) is 2. The molecule has 1 heterocycles. The van der Waals surface area contributed by atoms with E-state index >= 15 is 0 Å². The van der Waals surface area contributed by atoms with Gasteiger partial charge in [0.05, 0.1) is 17.4 Å². The van der Waals surface area contributed by atoms with Crippen LogP contribution in [0, 0.1) is 5.82 Å². The summed E-state index contributed by atoms with van der Waals surface area (Å²) in [6, 6.07) is 3.69. The summed E-state index contributed by atoms with van der Waals surface area (Å²) < 4.78 is 52.2. The summed E-state index contributed by atoms with van der Waals surface area (Å²) in [6.07, 6.45) is -1.61. The van der Waals surface area contributed by atoms with Gasteiger partial charge in [0.2, 0.25) is 0 Å². The van der Waals surface area contributed by atoms with E-state index in [-0.39, 0.29) is 11.3 Å². The Morgan fingerprint density at radius 2 is 2.05 bits per heavy atom. The number of hydrogen-bond acceptors (Lipinski definition) is 2. The van der Waals surface area contributed by atoms with Crippen molar-refractivity contribution in [3.05, 3.63) is 53.6 Å². The van der Waals surface area contributed by atoms with Crippen LogP contribution in [-0.2, 0) is 11.0 Å². The molecule has 1 N–H and O–H groups in total. The largest absolute Gasteiger partial charge is 0.478 e. The number of carboxylic acids is 1. The van der Waals surface area contributed by atoms with Crippen molar-refractivity contribution in [2.45, 2.75) is 6.18 Å².